The maximum absolute atomic E-state index is 3.47. The van der Waals surface area contributed by atoms with Crippen molar-refractivity contribution in [2.75, 3.05) is 19.6 Å². The summed E-state index contributed by atoms with van der Waals surface area (Å²) in [5.41, 5.74) is 2.73. The molecule has 0 radical (unpaired) electrons. The molecule has 1 heterocycles. The van der Waals surface area contributed by atoms with Gasteiger partial charge in [-0.2, -0.15) is 0 Å². The highest BCUT2D eigenvalue weighted by Crippen LogP contribution is 2.24. The van der Waals surface area contributed by atoms with Crippen LogP contribution in [-0.4, -0.2) is 29.5 Å². The van der Waals surface area contributed by atoms with Gasteiger partial charge in [0.2, 0.25) is 0 Å². The van der Waals surface area contributed by atoms with Gasteiger partial charge in [-0.1, -0.05) is 32.0 Å². The average Bonchev–Trinajstić information content (AvgIpc) is 2.70. The molecule has 0 aliphatic heterocycles. The summed E-state index contributed by atoms with van der Waals surface area (Å²) in [6.07, 6.45) is 2.37. The minimum Gasteiger partial charge on any atom is -0.350 e. The van der Waals surface area contributed by atoms with Crippen LogP contribution >= 0.6 is 22.6 Å². The lowest BCUT2D eigenvalue weighted by Crippen LogP contribution is -2.26. The molecular weight excluding hydrogens is 335 g/mol. The summed E-state index contributed by atoms with van der Waals surface area (Å²) in [5.74, 6) is 0. The number of aromatic amines is 1. The average molecular weight is 356 g/mol. The van der Waals surface area contributed by atoms with Crippen molar-refractivity contribution >= 4 is 33.5 Å². The van der Waals surface area contributed by atoms with Crippen molar-refractivity contribution in [3.05, 3.63) is 33.5 Å². The van der Waals surface area contributed by atoms with Crippen LogP contribution in [0.2, 0.25) is 0 Å². The number of H-pyrrole nitrogens is 1. The maximum Gasteiger partial charge on any atom is 0.0815 e. The molecular formula is C15H21IN2. The lowest BCUT2D eigenvalue weighted by atomic mass is 10.1. The summed E-state index contributed by atoms with van der Waals surface area (Å²) in [6, 6.07) is 8.59. The Hall–Kier alpha value is -0.550. The summed E-state index contributed by atoms with van der Waals surface area (Å²) in [5, 5.41) is 1.38. The molecule has 0 aliphatic carbocycles. The van der Waals surface area contributed by atoms with E-state index in [0.717, 1.165) is 19.5 Å². The van der Waals surface area contributed by atoms with Gasteiger partial charge >= 0.3 is 0 Å². The van der Waals surface area contributed by atoms with E-state index < -0.39 is 0 Å². The number of para-hydroxylation sites is 1. The van der Waals surface area contributed by atoms with E-state index in [1.807, 2.05) is 0 Å². The monoisotopic (exact) mass is 356 g/mol. The molecule has 0 amide bonds. The highest BCUT2D eigenvalue weighted by molar-refractivity contribution is 14.1. The molecule has 3 heteroatoms. The molecule has 98 valence electrons. The van der Waals surface area contributed by atoms with Crippen LogP contribution in [0.1, 0.15) is 25.8 Å². The fourth-order valence-electron chi connectivity index (χ4n) is 2.43. The molecule has 0 atom stereocenters. The van der Waals surface area contributed by atoms with Gasteiger partial charge in [0.15, 0.2) is 0 Å². The topological polar surface area (TPSA) is 19.0 Å². The Bertz CT molecular complexity index is 504. The van der Waals surface area contributed by atoms with Crippen molar-refractivity contribution in [3.8, 4) is 0 Å². The summed E-state index contributed by atoms with van der Waals surface area (Å²) in [4.78, 5) is 5.99. The predicted octanol–water partition coefficient (Wildman–Crippen LogP) is 4.05. The second-order valence-corrected chi connectivity index (χ2v) is 5.73. The zero-order valence-corrected chi connectivity index (χ0v) is 13.3. The quantitative estimate of drug-likeness (QED) is 0.774. The second-order valence-electron chi connectivity index (χ2n) is 4.65. The smallest absolute Gasteiger partial charge is 0.0815 e. The van der Waals surface area contributed by atoms with Gasteiger partial charge in [0.25, 0.3) is 0 Å². The zero-order valence-electron chi connectivity index (χ0n) is 11.2. The molecule has 2 aromatic rings. The fraction of sp³-hybridized carbons (Fsp3) is 0.467. The van der Waals surface area contributed by atoms with Crippen molar-refractivity contribution in [1.82, 2.24) is 9.88 Å². The predicted molar refractivity (Wildman–Crippen MR) is 87.1 cm³/mol. The highest BCUT2D eigenvalue weighted by Gasteiger charge is 2.10. The molecule has 18 heavy (non-hydrogen) atoms. The molecule has 1 aromatic heterocycles. The molecule has 0 bridgehead atoms. The van der Waals surface area contributed by atoms with Gasteiger partial charge in [0, 0.05) is 17.4 Å². The van der Waals surface area contributed by atoms with Gasteiger partial charge in [-0.05, 0) is 60.2 Å². The third kappa shape index (κ3) is 3.06. The molecule has 0 saturated heterocycles. The van der Waals surface area contributed by atoms with Gasteiger partial charge in [0.1, 0.15) is 0 Å². The largest absolute Gasteiger partial charge is 0.350 e. The van der Waals surface area contributed by atoms with Crippen LogP contribution in [0, 0.1) is 3.70 Å². The highest BCUT2D eigenvalue weighted by atomic mass is 127. The SMILES string of the molecule is CCCN(CC)CCc1c(I)[nH]c2ccccc12. The minimum absolute atomic E-state index is 1.14. The van der Waals surface area contributed by atoms with Gasteiger partial charge in [-0.3, -0.25) is 0 Å². The van der Waals surface area contributed by atoms with E-state index in [4.69, 9.17) is 0 Å². The number of likely N-dealkylation sites (N-methyl/N-ethyl adjacent to an activating group) is 1. The fourth-order valence-corrected chi connectivity index (χ4v) is 3.28. The van der Waals surface area contributed by atoms with Crippen molar-refractivity contribution in [2.24, 2.45) is 0 Å². The Morgan fingerprint density at radius 3 is 2.67 bits per heavy atom. The van der Waals surface area contributed by atoms with Crippen LogP contribution in [0.5, 0.6) is 0 Å². The van der Waals surface area contributed by atoms with E-state index >= 15 is 0 Å². The van der Waals surface area contributed by atoms with E-state index in [0.29, 0.717) is 0 Å². The van der Waals surface area contributed by atoms with Crippen molar-refractivity contribution in [3.63, 3.8) is 0 Å². The number of halogens is 1. The molecule has 2 nitrogen and oxygen atoms in total. The summed E-state index contributed by atoms with van der Waals surface area (Å²) < 4.78 is 1.29. The number of aromatic nitrogens is 1. The lowest BCUT2D eigenvalue weighted by molar-refractivity contribution is 0.292. The molecule has 0 aliphatic rings. The number of benzene rings is 1. The third-order valence-corrected chi connectivity index (χ3v) is 4.35. The van der Waals surface area contributed by atoms with Gasteiger partial charge in [-0.25, -0.2) is 0 Å². The van der Waals surface area contributed by atoms with Gasteiger partial charge in [-0.15, -0.1) is 0 Å². The normalized spacial score (nSPS) is 11.6. The summed E-state index contributed by atoms with van der Waals surface area (Å²) in [6.45, 7) is 8.00. The molecule has 0 unspecified atom stereocenters. The first-order valence-corrected chi connectivity index (χ1v) is 7.81. The number of hydrogen-bond donors (Lipinski definition) is 1. The molecule has 2 rings (SSSR count). The van der Waals surface area contributed by atoms with E-state index in [9.17, 15) is 0 Å². The van der Waals surface area contributed by atoms with E-state index in [-0.39, 0.29) is 0 Å². The van der Waals surface area contributed by atoms with E-state index in [1.54, 1.807) is 0 Å². The van der Waals surface area contributed by atoms with Crippen LogP contribution < -0.4 is 0 Å². The summed E-state index contributed by atoms with van der Waals surface area (Å²) in [7, 11) is 0. The Morgan fingerprint density at radius 2 is 1.94 bits per heavy atom. The lowest BCUT2D eigenvalue weighted by Gasteiger charge is -2.19. The standard InChI is InChI=1S/C15H21IN2/c1-3-10-18(4-2)11-9-13-12-7-5-6-8-14(12)17-15(13)16/h5-8,17H,3-4,9-11H2,1-2H3. The van der Waals surface area contributed by atoms with Crippen LogP contribution in [0.25, 0.3) is 10.9 Å². The zero-order chi connectivity index (χ0) is 13.0. The Labute approximate surface area is 123 Å². The maximum atomic E-state index is 3.47. The van der Waals surface area contributed by atoms with Gasteiger partial charge in [0.05, 0.1) is 3.70 Å². The Balaban J connectivity index is 2.13. The molecule has 0 spiro atoms. The Morgan fingerprint density at radius 1 is 1.17 bits per heavy atom. The second kappa shape index (κ2) is 6.57. The molecule has 0 saturated carbocycles. The first kappa shape index (κ1) is 13.9. The van der Waals surface area contributed by atoms with Crippen molar-refractivity contribution < 1.29 is 0 Å². The molecule has 1 N–H and O–H groups in total. The van der Waals surface area contributed by atoms with Crippen LogP contribution in [0.3, 0.4) is 0 Å². The van der Waals surface area contributed by atoms with Crippen LogP contribution in [0.4, 0.5) is 0 Å². The first-order valence-electron chi connectivity index (χ1n) is 6.73. The van der Waals surface area contributed by atoms with Crippen molar-refractivity contribution in [2.45, 2.75) is 26.7 Å². The van der Waals surface area contributed by atoms with Gasteiger partial charge < -0.3 is 9.88 Å². The minimum atomic E-state index is 1.14. The summed E-state index contributed by atoms with van der Waals surface area (Å²) >= 11 is 2.42. The van der Waals surface area contributed by atoms with E-state index in [2.05, 4.69) is 70.6 Å². The number of nitrogens with zero attached hydrogens (tertiary/aromatic N) is 1. The van der Waals surface area contributed by atoms with Crippen LogP contribution in [-0.2, 0) is 6.42 Å². The number of fused-ring (bicyclic) bond motifs is 1. The third-order valence-electron chi connectivity index (χ3n) is 3.43. The first-order chi connectivity index (χ1) is 8.76. The number of hydrogen-bond acceptors (Lipinski definition) is 1. The molecule has 0 fully saturated rings. The molecule has 1 aromatic carbocycles. The Kier molecular flexibility index (Phi) is 5.06. The number of nitrogens with one attached hydrogen (secondary N) is 1. The number of rotatable bonds is 6. The van der Waals surface area contributed by atoms with Crippen LogP contribution in [0.15, 0.2) is 24.3 Å². The van der Waals surface area contributed by atoms with E-state index in [1.165, 1.54) is 33.1 Å². The van der Waals surface area contributed by atoms with Crippen molar-refractivity contribution in [1.29, 1.82) is 0 Å².